The van der Waals surface area contributed by atoms with Crippen molar-refractivity contribution in [3.63, 3.8) is 0 Å². The molecule has 11 nitrogen and oxygen atoms in total. The third-order valence-corrected chi connectivity index (χ3v) is 15.1. The van der Waals surface area contributed by atoms with Gasteiger partial charge in [-0.1, -0.05) is 60.7 Å². The largest absolute Gasteiger partial charge is 0.417 e. The minimum atomic E-state index is -4.91. The molecule has 0 aliphatic heterocycles. The van der Waals surface area contributed by atoms with E-state index in [0.717, 1.165) is 6.07 Å². The molecular formula is C71H32F3N11. The third-order valence-electron chi connectivity index (χ3n) is 15.1. The summed E-state index contributed by atoms with van der Waals surface area (Å²) in [5.74, 6) is 0. The molecule has 2 heterocycles. The predicted molar refractivity (Wildman–Crippen MR) is 321 cm³/mol. The molecule has 0 amide bonds. The minimum absolute atomic E-state index is 0.0215. The summed E-state index contributed by atoms with van der Waals surface area (Å²) in [5, 5.41) is 54.5. The van der Waals surface area contributed by atoms with E-state index in [9.17, 15) is 26.3 Å². The number of nitriles is 5. The molecule has 14 heteroatoms. The van der Waals surface area contributed by atoms with Crippen LogP contribution in [0.4, 0.5) is 35.9 Å². The summed E-state index contributed by atoms with van der Waals surface area (Å²) in [6.45, 7) is 32.9. The van der Waals surface area contributed by atoms with E-state index in [4.69, 9.17) is 26.3 Å². The van der Waals surface area contributed by atoms with Gasteiger partial charge in [-0.05, 0) is 178 Å². The van der Waals surface area contributed by atoms with E-state index in [1.54, 1.807) is 82.8 Å². The fourth-order valence-corrected chi connectivity index (χ4v) is 11.4. The van der Waals surface area contributed by atoms with E-state index in [-0.39, 0.29) is 78.6 Å². The van der Waals surface area contributed by atoms with Crippen molar-refractivity contribution in [1.29, 1.82) is 26.3 Å². The zero-order valence-corrected chi connectivity index (χ0v) is 44.3. The van der Waals surface area contributed by atoms with Gasteiger partial charge in [-0.2, -0.15) is 39.5 Å². The van der Waals surface area contributed by atoms with Crippen LogP contribution in [-0.2, 0) is 6.18 Å². The van der Waals surface area contributed by atoms with Crippen LogP contribution in [0.2, 0.25) is 0 Å². The SMILES string of the molecule is [C-]#[N+]c1cc(C#N)cc(-c2ccc3c4ccc(-c5cc(C#N)cc([N+]#[C-])c5)cc4n(-c4cc(-c5c(C)cccc5C(F)(F)F)c(-n5c6cc(-c7cc(C#N)cc([N+]#[C-])c7)ccc6c6ccc(-c7cc(C#N)cc([N+]#[C-])c7)cc65)cc4C#N)c3c2)c1. The van der Waals surface area contributed by atoms with Gasteiger partial charge in [0.15, 0.2) is 22.7 Å². The Morgan fingerprint density at radius 2 is 0.718 bits per heavy atom. The zero-order valence-electron chi connectivity index (χ0n) is 44.3. The Hall–Kier alpha value is -13.0. The van der Waals surface area contributed by atoms with Gasteiger partial charge < -0.3 is 9.13 Å². The van der Waals surface area contributed by atoms with Crippen LogP contribution in [-0.4, -0.2) is 9.13 Å². The Labute approximate surface area is 483 Å². The molecule has 2 aromatic heterocycles. The van der Waals surface area contributed by atoms with Gasteiger partial charge in [-0.15, -0.1) is 0 Å². The van der Waals surface area contributed by atoms with Crippen molar-refractivity contribution in [2.45, 2.75) is 13.1 Å². The van der Waals surface area contributed by atoms with Crippen LogP contribution in [0.15, 0.2) is 176 Å². The number of benzene rings is 10. The summed E-state index contributed by atoms with van der Waals surface area (Å²) < 4.78 is 51.5. The maximum absolute atomic E-state index is 16.0. The molecule has 0 fully saturated rings. The second-order valence-electron chi connectivity index (χ2n) is 20.1. The van der Waals surface area contributed by atoms with E-state index in [2.05, 4.69) is 49.7 Å². The molecule has 0 unspecified atom stereocenters. The summed E-state index contributed by atoms with van der Waals surface area (Å²) in [5.41, 5.74) is 7.75. The summed E-state index contributed by atoms with van der Waals surface area (Å²) in [7, 11) is 0. The fraction of sp³-hybridized carbons (Fsp3) is 0.0282. The van der Waals surface area contributed by atoms with Crippen molar-refractivity contribution in [2.75, 3.05) is 0 Å². The number of alkyl halides is 3. The molecule has 12 aromatic rings. The standard InChI is InChI=1S/C71H32F3N11/c1-40-7-6-8-63(71(72,73)74)70(40)62-34-64(84-65-29-45(49-17-41(35-75)21-54(25-49)80-2)9-13-58(65)59-14-10-46(30-66(59)84)50-18-42(36-76)22-55(26-50)81-3)53(39-79)33-69(62)85-67-31-47(51-19-43(37-77)23-56(27-51)82-4)11-15-60(67)61-16-12-48(32-68(61)85)52-20-44(38-78)24-57(28-52)83-5/h6-34H,1H3. The lowest BCUT2D eigenvalue weighted by molar-refractivity contribution is -0.137. The lowest BCUT2D eigenvalue weighted by atomic mass is 9.91. The molecule has 85 heavy (non-hydrogen) atoms. The Morgan fingerprint density at radius 1 is 0.376 bits per heavy atom. The normalized spacial score (nSPS) is 11.0. The van der Waals surface area contributed by atoms with Gasteiger partial charge in [0.2, 0.25) is 0 Å². The molecule has 10 aromatic carbocycles. The van der Waals surface area contributed by atoms with E-state index in [0.29, 0.717) is 88.1 Å². The monoisotopic (exact) mass is 1100 g/mol. The number of aromatic nitrogens is 2. The van der Waals surface area contributed by atoms with Crippen LogP contribution in [0.5, 0.6) is 0 Å². The first-order chi connectivity index (χ1) is 41.2. The number of rotatable bonds is 7. The predicted octanol–water partition coefficient (Wildman–Crippen LogP) is 19.1. The highest BCUT2D eigenvalue weighted by molar-refractivity contribution is 6.14. The number of hydrogen-bond donors (Lipinski definition) is 0. The van der Waals surface area contributed by atoms with E-state index >= 15 is 13.2 Å². The Balaban J connectivity index is 1.25. The molecule has 0 atom stereocenters. The molecule has 0 N–H and O–H groups in total. The van der Waals surface area contributed by atoms with Crippen molar-refractivity contribution in [3.8, 4) is 97.4 Å². The first-order valence-electron chi connectivity index (χ1n) is 25.8. The highest BCUT2D eigenvalue weighted by Gasteiger charge is 2.36. The van der Waals surface area contributed by atoms with Crippen LogP contribution in [0, 0.1) is 89.9 Å². The molecule has 0 aliphatic rings. The molecule has 392 valence electrons. The second kappa shape index (κ2) is 20.6. The van der Waals surface area contributed by atoms with Crippen molar-refractivity contribution in [2.24, 2.45) is 0 Å². The maximum Gasteiger partial charge on any atom is 0.417 e. The number of hydrogen-bond acceptors (Lipinski definition) is 5. The topological polar surface area (TPSA) is 146 Å². The summed E-state index contributed by atoms with van der Waals surface area (Å²) in [6, 6.07) is 59.2. The molecule has 12 rings (SSSR count). The van der Waals surface area contributed by atoms with Crippen LogP contribution < -0.4 is 0 Å². The lowest BCUT2D eigenvalue weighted by Crippen LogP contribution is -2.10. The molecule has 0 radical (unpaired) electrons. The smallest absolute Gasteiger partial charge is 0.309 e. The van der Waals surface area contributed by atoms with Crippen LogP contribution in [0.1, 0.15) is 38.9 Å². The van der Waals surface area contributed by atoms with Gasteiger partial charge in [0.05, 0.1) is 95.1 Å². The average molecular weight is 1100 g/mol. The highest BCUT2D eigenvalue weighted by atomic mass is 19.4. The molecule has 0 saturated carbocycles. The first-order valence-corrected chi connectivity index (χ1v) is 25.8. The first kappa shape index (κ1) is 52.7. The van der Waals surface area contributed by atoms with Gasteiger partial charge in [-0.3, -0.25) is 0 Å². The summed E-state index contributed by atoms with van der Waals surface area (Å²) >= 11 is 0. The molecular weight excluding hydrogens is 1060 g/mol. The van der Waals surface area contributed by atoms with Crippen molar-refractivity contribution < 1.29 is 13.2 Å². The molecule has 0 saturated heterocycles. The third kappa shape index (κ3) is 9.07. The Morgan fingerprint density at radius 3 is 1.02 bits per heavy atom. The quantitative estimate of drug-likeness (QED) is 0.146. The Bertz CT molecular complexity index is 4990. The molecule has 0 bridgehead atoms. The van der Waals surface area contributed by atoms with E-state index < -0.39 is 11.7 Å². The fourth-order valence-electron chi connectivity index (χ4n) is 11.4. The highest BCUT2D eigenvalue weighted by Crippen LogP contribution is 2.48. The average Bonchev–Trinajstić information content (AvgIpc) is 2.19. The molecule has 0 spiro atoms. The summed E-state index contributed by atoms with van der Waals surface area (Å²) in [4.78, 5) is 14.4. The molecule has 0 aliphatic carbocycles. The van der Waals surface area contributed by atoms with Crippen LogP contribution in [0.25, 0.3) is 130 Å². The number of fused-ring (bicyclic) bond motifs is 6. The van der Waals surface area contributed by atoms with Gasteiger partial charge in [-0.25, -0.2) is 19.4 Å². The van der Waals surface area contributed by atoms with Crippen molar-refractivity contribution in [1.82, 2.24) is 9.13 Å². The number of halogens is 3. The van der Waals surface area contributed by atoms with Crippen molar-refractivity contribution in [3.05, 3.63) is 261 Å². The van der Waals surface area contributed by atoms with Gasteiger partial charge in [0, 0.05) is 49.4 Å². The lowest BCUT2D eigenvalue weighted by Gasteiger charge is -2.22. The number of nitrogens with zero attached hydrogens (tertiary/aromatic N) is 11. The van der Waals surface area contributed by atoms with Gasteiger partial charge >= 0.3 is 6.18 Å². The van der Waals surface area contributed by atoms with Crippen LogP contribution in [0.3, 0.4) is 0 Å². The summed E-state index contributed by atoms with van der Waals surface area (Å²) in [6.07, 6.45) is -4.91. The maximum atomic E-state index is 16.0. The van der Waals surface area contributed by atoms with Crippen LogP contribution >= 0.6 is 0 Å². The van der Waals surface area contributed by atoms with E-state index in [1.807, 2.05) is 72.8 Å². The number of aryl methyl sites for hydroxylation is 1. The van der Waals surface area contributed by atoms with E-state index in [1.165, 1.54) is 30.3 Å². The van der Waals surface area contributed by atoms with Gasteiger partial charge in [0.1, 0.15) is 6.07 Å². The second-order valence-corrected chi connectivity index (χ2v) is 20.1. The minimum Gasteiger partial charge on any atom is -0.309 e. The van der Waals surface area contributed by atoms with Gasteiger partial charge in [0.25, 0.3) is 0 Å². The zero-order chi connectivity index (χ0) is 59.4. The van der Waals surface area contributed by atoms with Crippen molar-refractivity contribution >= 4 is 66.4 Å². The Kier molecular flexibility index (Phi) is 12.8.